The van der Waals surface area contributed by atoms with Crippen LogP contribution in [0.3, 0.4) is 0 Å². The topological polar surface area (TPSA) is 252 Å². The maximum absolute atomic E-state index is 13.2. The molecule has 0 aromatic heterocycles. The summed E-state index contributed by atoms with van der Waals surface area (Å²) in [4.78, 5) is 85.2. The van der Waals surface area contributed by atoms with Gasteiger partial charge in [0.25, 0.3) is 11.6 Å². The van der Waals surface area contributed by atoms with E-state index >= 15 is 0 Å². The van der Waals surface area contributed by atoms with E-state index in [1.807, 2.05) is 0 Å². The van der Waals surface area contributed by atoms with Crippen molar-refractivity contribution in [1.82, 2.24) is 21.3 Å². The average Bonchev–Trinajstić information content (AvgIpc) is 2.88. The maximum atomic E-state index is 13.2. The zero-order chi connectivity index (χ0) is 30.0. The minimum Gasteiger partial charge on any atom is -0.481 e. The highest BCUT2D eigenvalue weighted by molar-refractivity contribution is 6.03. The molecule has 40 heavy (non-hydrogen) atoms. The fourth-order valence-corrected chi connectivity index (χ4v) is 3.91. The Morgan fingerprint density at radius 3 is 2.45 bits per heavy atom. The van der Waals surface area contributed by atoms with Crippen LogP contribution in [0, 0.1) is 16.0 Å². The van der Waals surface area contributed by atoms with Crippen LogP contribution in [-0.4, -0.2) is 76.8 Å². The van der Waals surface area contributed by atoms with Crippen LogP contribution in [0.1, 0.15) is 49.9 Å². The van der Waals surface area contributed by atoms with Crippen LogP contribution >= 0.6 is 0 Å². The number of hydrogen-bond donors (Lipinski definition) is 7. The normalized spacial score (nSPS) is 20.4. The lowest BCUT2D eigenvalue weighted by atomic mass is 10.0. The highest BCUT2D eigenvalue weighted by Gasteiger charge is 2.32. The Morgan fingerprint density at radius 1 is 1.15 bits per heavy atom. The van der Waals surface area contributed by atoms with Gasteiger partial charge in [0.15, 0.2) is 0 Å². The van der Waals surface area contributed by atoms with Gasteiger partial charge in [-0.05, 0) is 31.2 Å². The number of hydrogen-bond acceptors (Lipinski definition) is 9. The third kappa shape index (κ3) is 9.21. The average molecular weight is 564 g/mol. The molecule has 218 valence electrons. The number of fused-ring (bicyclic) bond motifs is 1. The van der Waals surface area contributed by atoms with Crippen LogP contribution in [0.2, 0.25) is 0 Å². The van der Waals surface area contributed by atoms with Crippen molar-refractivity contribution < 1.29 is 38.8 Å². The van der Waals surface area contributed by atoms with E-state index in [9.17, 15) is 38.9 Å². The predicted octanol–water partition coefficient (Wildman–Crippen LogP) is -1.01. The summed E-state index contributed by atoms with van der Waals surface area (Å²) in [6.45, 7) is 2.92. The molecule has 0 aliphatic carbocycles. The second-order valence-electron chi connectivity index (χ2n) is 9.49. The van der Waals surface area contributed by atoms with Crippen LogP contribution in [0.4, 0.5) is 11.4 Å². The number of nitrogens with one attached hydrogen (secondary N) is 5. The molecule has 0 bridgehead atoms. The molecule has 0 saturated heterocycles. The second kappa shape index (κ2) is 14.4. The van der Waals surface area contributed by atoms with Crippen LogP contribution < -0.4 is 32.3 Å². The number of nitro benzene ring substituents is 1. The van der Waals surface area contributed by atoms with E-state index < -0.39 is 77.4 Å². The number of primary amides is 1. The van der Waals surface area contributed by atoms with Gasteiger partial charge in [0.05, 0.1) is 17.0 Å². The Hall–Kier alpha value is -4.76. The Kier molecular flexibility index (Phi) is 11.3. The number of rotatable bonds is 8. The van der Waals surface area contributed by atoms with Gasteiger partial charge in [0, 0.05) is 30.8 Å². The van der Waals surface area contributed by atoms with Crippen molar-refractivity contribution in [2.75, 3.05) is 18.4 Å². The number of anilines is 1. The minimum absolute atomic E-state index is 0.0338. The van der Waals surface area contributed by atoms with E-state index in [1.165, 1.54) is 12.1 Å². The van der Waals surface area contributed by atoms with Gasteiger partial charge in [-0.15, -0.1) is 0 Å². The molecular weight excluding hydrogens is 530 g/mol. The first-order chi connectivity index (χ1) is 18.8. The lowest BCUT2D eigenvalue weighted by Gasteiger charge is -2.26. The van der Waals surface area contributed by atoms with E-state index in [-0.39, 0.29) is 42.7 Å². The molecule has 0 saturated carbocycles. The van der Waals surface area contributed by atoms with E-state index in [0.717, 1.165) is 6.07 Å². The largest absolute Gasteiger partial charge is 0.481 e. The van der Waals surface area contributed by atoms with Crippen molar-refractivity contribution >= 4 is 46.9 Å². The Balaban J connectivity index is 2.49. The zero-order valence-electron chi connectivity index (χ0n) is 22.0. The molecule has 1 heterocycles. The van der Waals surface area contributed by atoms with Crippen LogP contribution in [0.15, 0.2) is 18.2 Å². The first-order valence-electron chi connectivity index (χ1n) is 12.5. The number of benzene rings is 1. The van der Waals surface area contributed by atoms with Crippen molar-refractivity contribution in [1.29, 1.82) is 0 Å². The van der Waals surface area contributed by atoms with Gasteiger partial charge < -0.3 is 37.4 Å². The second-order valence-corrected chi connectivity index (χ2v) is 9.49. The smallest absolute Gasteiger partial charge is 0.303 e. The van der Waals surface area contributed by atoms with Crippen molar-refractivity contribution in [3.8, 4) is 0 Å². The molecule has 5 amide bonds. The highest BCUT2D eigenvalue weighted by atomic mass is 16.6. The molecule has 0 spiro atoms. The van der Waals surface area contributed by atoms with Crippen molar-refractivity contribution in [2.24, 2.45) is 11.7 Å². The lowest BCUT2D eigenvalue weighted by molar-refractivity contribution is -0.384. The van der Waals surface area contributed by atoms with Crippen molar-refractivity contribution in [2.45, 2.75) is 57.7 Å². The fraction of sp³-hybridized carbons (Fsp3) is 0.500. The quantitative estimate of drug-likeness (QED) is 0.150. The number of carboxylic acids is 1. The number of nitro groups is 1. The van der Waals surface area contributed by atoms with Crippen LogP contribution in [0.25, 0.3) is 0 Å². The van der Waals surface area contributed by atoms with E-state index in [2.05, 4.69) is 26.6 Å². The predicted molar refractivity (Wildman–Crippen MR) is 140 cm³/mol. The number of non-ortho nitro benzene ring substituents is 1. The molecule has 1 aliphatic rings. The fourth-order valence-electron chi connectivity index (χ4n) is 3.91. The summed E-state index contributed by atoms with van der Waals surface area (Å²) < 4.78 is 0. The summed E-state index contributed by atoms with van der Waals surface area (Å²) >= 11 is 0. The standard InChI is InChI=1S/C24H33N7O9/c1-12(2)20-24(38)29-17(7-8-19(33)34)23(37)28-16(22(36)27-11-18(25)32)4-3-9-26-15-6-5-13(31(39)40)10-14(15)21(35)30-20/h5-6,10,12,16-17,20,26H,3-4,7-9,11H2,1-2H3,(H2,25,32)(H,27,36)(H,28,37)(H,29,38)(H,30,35)(H,33,34)/t16-,17-,20-/m0/s1. The molecule has 1 aromatic carbocycles. The highest BCUT2D eigenvalue weighted by Crippen LogP contribution is 2.23. The van der Waals surface area contributed by atoms with E-state index in [1.54, 1.807) is 13.8 Å². The van der Waals surface area contributed by atoms with Gasteiger partial charge >= 0.3 is 5.97 Å². The summed E-state index contributed by atoms with van der Waals surface area (Å²) in [6, 6.07) is -0.167. The van der Waals surface area contributed by atoms with E-state index in [4.69, 9.17) is 10.8 Å². The van der Waals surface area contributed by atoms with Gasteiger partial charge in [-0.25, -0.2) is 0 Å². The first kappa shape index (κ1) is 31.5. The van der Waals surface area contributed by atoms with E-state index in [0.29, 0.717) is 0 Å². The number of amides is 5. The van der Waals surface area contributed by atoms with Gasteiger partial charge in [0.1, 0.15) is 18.1 Å². The molecule has 2 rings (SSSR count). The molecule has 1 aliphatic heterocycles. The third-order valence-electron chi connectivity index (χ3n) is 6.03. The summed E-state index contributed by atoms with van der Waals surface area (Å²) in [6.07, 6.45) is -0.533. The summed E-state index contributed by atoms with van der Waals surface area (Å²) in [7, 11) is 0. The number of nitrogens with two attached hydrogens (primary N) is 1. The molecule has 0 radical (unpaired) electrons. The summed E-state index contributed by atoms with van der Waals surface area (Å²) in [5, 5.41) is 33.2. The maximum Gasteiger partial charge on any atom is 0.303 e. The minimum atomic E-state index is -1.38. The monoisotopic (exact) mass is 563 g/mol. The number of nitrogens with zero attached hydrogens (tertiary/aromatic N) is 1. The molecular formula is C24H33N7O9. The summed E-state index contributed by atoms with van der Waals surface area (Å²) in [5.41, 5.74) is 4.86. The van der Waals surface area contributed by atoms with Gasteiger partial charge in [-0.3, -0.25) is 38.9 Å². The Morgan fingerprint density at radius 2 is 1.85 bits per heavy atom. The van der Waals surface area contributed by atoms with Gasteiger partial charge in [-0.2, -0.15) is 0 Å². The van der Waals surface area contributed by atoms with Crippen LogP contribution in [0.5, 0.6) is 0 Å². The molecule has 3 atom stereocenters. The number of carboxylic acid groups (broad SMARTS) is 1. The number of carbonyl (C=O) groups excluding carboxylic acids is 5. The zero-order valence-corrected chi connectivity index (χ0v) is 22.0. The third-order valence-corrected chi connectivity index (χ3v) is 6.03. The Labute approximate surface area is 229 Å². The Bertz CT molecular complexity index is 1170. The van der Waals surface area contributed by atoms with Crippen molar-refractivity contribution in [3.63, 3.8) is 0 Å². The summed E-state index contributed by atoms with van der Waals surface area (Å²) in [5.74, 6) is -5.72. The molecule has 1 aromatic rings. The molecule has 0 unspecified atom stereocenters. The number of carbonyl (C=O) groups is 6. The van der Waals surface area contributed by atoms with Gasteiger partial charge in [-0.1, -0.05) is 13.8 Å². The number of aliphatic carboxylic acids is 1. The first-order valence-corrected chi connectivity index (χ1v) is 12.5. The van der Waals surface area contributed by atoms with Gasteiger partial charge in [0.2, 0.25) is 23.6 Å². The van der Waals surface area contributed by atoms with Crippen molar-refractivity contribution in [3.05, 3.63) is 33.9 Å². The molecule has 0 fully saturated rings. The lowest BCUT2D eigenvalue weighted by Crippen LogP contribution is -2.58. The van der Waals surface area contributed by atoms with Crippen LogP contribution in [-0.2, 0) is 24.0 Å². The molecule has 16 nitrogen and oxygen atoms in total. The SMILES string of the molecule is CC(C)[C@@H]1NC(=O)c2cc([N+](=O)[O-])ccc2NCCC[C@@H](C(=O)NCC(N)=O)NC(=O)[C@H](CCC(=O)O)NC1=O. The molecule has 8 N–H and O–H groups in total. The molecule has 16 heteroatoms.